The number of carbonyl (C=O) groups is 2. The molecular formula is C19H23NO3. The Morgan fingerprint density at radius 3 is 2.83 bits per heavy atom. The molecule has 4 nitrogen and oxygen atoms in total. The molecule has 0 bridgehead atoms. The molecule has 2 aliphatic rings. The summed E-state index contributed by atoms with van der Waals surface area (Å²) in [6, 6.07) is 9.61. The van der Waals surface area contributed by atoms with Crippen LogP contribution in [-0.4, -0.2) is 23.3 Å². The van der Waals surface area contributed by atoms with Gasteiger partial charge in [-0.1, -0.05) is 43.7 Å². The molecular weight excluding hydrogens is 290 g/mol. The van der Waals surface area contributed by atoms with E-state index in [0.29, 0.717) is 24.6 Å². The zero-order valence-electron chi connectivity index (χ0n) is 13.6. The van der Waals surface area contributed by atoms with Gasteiger partial charge in [0, 0.05) is 13.0 Å². The highest BCUT2D eigenvalue weighted by atomic mass is 16.6. The molecule has 122 valence electrons. The number of carbonyl (C=O) groups excluding carboxylic acids is 2. The summed E-state index contributed by atoms with van der Waals surface area (Å²) < 4.78 is 5.42. The highest BCUT2D eigenvalue weighted by Crippen LogP contribution is 2.40. The highest BCUT2D eigenvalue weighted by Gasteiger charge is 2.39. The van der Waals surface area contributed by atoms with Crippen molar-refractivity contribution in [2.24, 2.45) is 5.92 Å². The zero-order valence-corrected chi connectivity index (χ0v) is 13.6. The number of ketones is 1. The van der Waals surface area contributed by atoms with Crippen LogP contribution in [-0.2, 0) is 16.1 Å². The molecule has 0 saturated heterocycles. The van der Waals surface area contributed by atoms with Crippen LogP contribution in [0.2, 0.25) is 0 Å². The molecule has 23 heavy (non-hydrogen) atoms. The van der Waals surface area contributed by atoms with E-state index in [9.17, 15) is 9.59 Å². The van der Waals surface area contributed by atoms with Crippen molar-refractivity contribution < 1.29 is 14.3 Å². The molecule has 3 rings (SSSR count). The van der Waals surface area contributed by atoms with Crippen LogP contribution in [0.3, 0.4) is 0 Å². The van der Waals surface area contributed by atoms with Gasteiger partial charge in [0.1, 0.15) is 6.61 Å². The van der Waals surface area contributed by atoms with Gasteiger partial charge in [-0.2, -0.15) is 0 Å². The fraction of sp³-hybridized carbons (Fsp3) is 0.474. The van der Waals surface area contributed by atoms with Crippen LogP contribution in [0, 0.1) is 5.92 Å². The third-order valence-corrected chi connectivity index (χ3v) is 4.65. The second-order valence-electron chi connectivity index (χ2n) is 6.28. The molecule has 1 aliphatic carbocycles. The van der Waals surface area contributed by atoms with Gasteiger partial charge in [0.2, 0.25) is 0 Å². The normalized spacial score (nSPS) is 20.7. The Labute approximate surface area is 137 Å². The summed E-state index contributed by atoms with van der Waals surface area (Å²) in [6.45, 7) is 2.96. The fourth-order valence-electron chi connectivity index (χ4n) is 3.61. The number of allylic oxidation sites excluding steroid dienone is 2. The summed E-state index contributed by atoms with van der Waals surface area (Å²) in [6.07, 6.45) is 4.10. The van der Waals surface area contributed by atoms with Crippen molar-refractivity contribution in [2.45, 2.75) is 45.6 Å². The Balaban J connectivity index is 1.71. The molecule has 1 unspecified atom stereocenters. The Morgan fingerprint density at radius 1 is 1.30 bits per heavy atom. The first-order valence-corrected chi connectivity index (χ1v) is 8.45. The molecule has 0 radical (unpaired) electrons. The van der Waals surface area contributed by atoms with Crippen molar-refractivity contribution in [1.29, 1.82) is 0 Å². The molecule has 0 fully saturated rings. The molecule has 1 amide bonds. The van der Waals surface area contributed by atoms with Gasteiger partial charge in [-0.05, 0) is 36.3 Å². The zero-order chi connectivity index (χ0) is 16.2. The van der Waals surface area contributed by atoms with E-state index in [4.69, 9.17) is 4.74 Å². The first-order valence-electron chi connectivity index (χ1n) is 8.45. The maximum Gasteiger partial charge on any atom is 0.414 e. The lowest BCUT2D eigenvalue weighted by molar-refractivity contribution is -0.116. The SMILES string of the molecule is CCCC1CC(=O)C2=C1CCCN2C(=O)OCc1ccccc1. The summed E-state index contributed by atoms with van der Waals surface area (Å²) >= 11 is 0. The van der Waals surface area contributed by atoms with Crippen molar-refractivity contribution >= 4 is 11.9 Å². The molecule has 1 aromatic carbocycles. The van der Waals surface area contributed by atoms with E-state index < -0.39 is 6.09 Å². The molecule has 0 spiro atoms. The number of benzene rings is 1. The minimum absolute atomic E-state index is 0.106. The van der Waals surface area contributed by atoms with E-state index in [1.54, 1.807) is 4.90 Å². The third kappa shape index (κ3) is 3.31. The minimum Gasteiger partial charge on any atom is -0.444 e. The standard InChI is InChI=1S/C19H23NO3/c1-2-7-15-12-17(21)18-16(15)10-6-11-20(18)19(22)23-13-14-8-4-3-5-9-14/h3-5,8-9,15H,2,6-7,10-13H2,1H3. The van der Waals surface area contributed by atoms with E-state index in [1.807, 2.05) is 30.3 Å². The first kappa shape index (κ1) is 15.8. The number of Topliss-reactive ketones (excluding diaryl/α,β-unsaturated/α-hetero) is 1. The monoisotopic (exact) mass is 313 g/mol. The Morgan fingerprint density at radius 2 is 2.09 bits per heavy atom. The van der Waals surface area contributed by atoms with Gasteiger partial charge in [0.25, 0.3) is 0 Å². The lowest BCUT2D eigenvalue weighted by atomic mass is 9.91. The summed E-state index contributed by atoms with van der Waals surface area (Å²) in [5.41, 5.74) is 2.76. The number of nitrogens with zero attached hydrogens (tertiary/aromatic N) is 1. The highest BCUT2D eigenvalue weighted by molar-refractivity contribution is 6.01. The van der Waals surface area contributed by atoms with Crippen LogP contribution in [0.25, 0.3) is 0 Å². The number of rotatable bonds is 4. The van der Waals surface area contributed by atoms with Crippen LogP contribution in [0.4, 0.5) is 4.79 Å². The lowest BCUT2D eigenvalue weighted by Gasteiger charge is -2.28. The van der Waals surface area contributed by atoms with Gasteiger partial charge >= 0.3 is 6.09 Å². The Hall–Kier alpha value is -2.10. The minimum atomic E-state index is -0.397. The maximum atomic E-state index is 12.4. The average Bonchev–Trinajstić information content (AvgIpc) is 2.90. The smallest absolute Gasteiger partial charge is 0.414 e. The summed E-state index contributed by atoms with van der Waals surface area (Å²) in [5, 5.41) is 0. The van der Waals surface area contributed by atoms with Gasteiger partial charge in [-0.25, -0.2) is 4.79 Å². The van der Waals surface area contributed by atoms with Gasteiger partial charge in [0.05, 0.1) is 5.70 Å². The van der Waals surface area contributed by atoms with Crippen LogP contribution in [0.15, 0.2) is 41.6 Å². The maximum absolute atomic E-state index is 12.4. The molecule has 0 saturated carbocycles. The van der Waals surface area contributed by atoms with Gasteiger partial charge in [-0.3, -0.25) is 9.69 Å². The molecule has 1 heterocycles. The predicted molar refractivity (Wildman–Crippen MR) is 87.6 cm³/mol. The van der Waals surface area contributed by atoms with Crippen LogP contribution >= 0.6 is 0 Å². The van der Waals surface area contributed by atoms with Gasteiger partial charge in [-0.15, -0.1) is 0 Å². The predicted octanol–water partition coefficient (Wildman–Crippen LogP) is 4.06. The van der Waals surface area contributed by atoms with Crippen LogP contribution in [0.5, 0.6) is 0 Å². The van der Waals surface area contributed by atoms with E-state index in [0.717, 1.165) is 31.2 Å². The molecule has 1 aliphatic heterocycles. The molecule has 0 aromatic heterocycles. The van der Waals surface area contributed by atoms with Crippen molar-refractivity contribution in [1.82, 2.24) is 4.90 Å². The summed E-state index contributed by atoms with van der Waals surface area (Å²) in [4.78, 5) is 26.4. The second kappa shape index (κ2) is 6.99. The lowest BCUT2D eigenvalue weighted by Crippen LogP contribution is -2.36. The van der Waals surface area contributed by atoms with Crippen LogP contribution in [0.1, 0.15) is 44.6 Å². The number of hydrogen-bond donors (Lipinski definition) is 0. The summed E-state index contributed by atoms with van der Waals surface area (Å²) in [7, 11) is 0. The quantitative estimate of drug-likeness (QED) is 0.842. The number of hydrogen-bond acceptors (Lipinski definition) is 3. The van der Waals surface area contributed by atoms with Crippen molar-refractivity contribution in [3.8, 4) is 0 Å². The topological polar surface area (TPSA) is 46.6 Å². The van der Waals surface area contributed by atoms with E-state index in [2.05, 4.69) is 6.92 Å². The number of amides is 1. The van der Waals surface area contributed by atoms with Crippen LogP contribution < -0.4 is 0 Å². The first-order chi connectivity index (χ1) is 11.2. The van der Waals surface area contributed by atoms with Gasteiger partial charge < -0.3 is 4.74 Å². The Bertz CT molecular complexity index is 621. The molecule has 1 atom stereocenters. The fourth-order valence-corrected chi connectivity index (χ4v) is 3.61. The largest absolute Gasteiger partial charge is 0.444 e. The molecule has 1 aromatic rings. The second-order valence-corrected chi connectivity index (χ2v) is 6.28. The van der Waals surface area contributed by atoms with Crippen molar-refractivity contribution in [3.63, 3.8) is 0 Å². The third-order valence-electron chi connectivity index (χ3n) is 4.65. The summed E-state index contributed by atoms with van der Waals surface area (Å²) in [5.74, 6) is 0.432. The van der Waals surface area contributed by atoms with E-state index in [-0.39, 0.29) is 12.4 Å². The number of ether oxygens (including phenoxy) is 1. The molecule has 4 heteroatoms. The van der Waals surface area contributed by atoms with E-state index in [1.165, 1.54) is 5.57 Å². The molecule has 0 N–H and O–H groups in total. The Kier molecular flexibility index (Phi) is 4.79. The van der Waals surface area contributed by atoms with Crippen molar-refractivity contribution in [3.05, 3.63) is 47.2 Å². The van der Waals surface area contributed by atoms with Crippen molar-refractivity contribution in [2.75, 3.05) is 6.54 Å². The average molecular weight is 313 g/mol. The van der Waals surface area contributed by atoms with E-state index >= 15 is 0 Å². The van der Waals surface area contributed by atoms with Gasteiger partial charge in [0.15, 0.2) is 5.78 Å².